The van der Waals surface area contributed by atoms with Gasteiger partial charge in [-0.15, -0.1) is 0 Å². The molecule has 1 aliphatic rings. The van der Waals surface area contributed by atoms with Crippen molar-refractivity contribution >= 4 is 0 Å². The molecule has 0 radical (unpaired) electrons. The van der Waals surface area contributed by atoms with Gasteiger partial charge in [0.05, 0.1) is 7.18 Å². The predicted molar refractivity (Wildman–Crippen MR) is 50.6 cm³/mol. The molecule has 0 bridgehead atoms. The first-order valence-electron chi connectivity index (χ1n) is 4.67. The van der Waals surface area contributed by atoms with E-state index in [1.54, 1.807) is 0 Å². The molecule has 0 amide bonds. The maximum absolute atomic E-state index is 9.50. The molecule has 0 nitrogen and oxygen atoms in total. The maximum atomic E-state index is 9.50. The Hall–Kier alpha value is -0.0700. The second kappa shape index (κ2) is 9.93. The smallest absolute Gasteiger partial charge is 0.0785 e. The lowest BCUT2D eigenvalue weighted by Crippen LogP contribution is -1.84. The Balaban J connectivity index is 0. The van der Waals surface area contributed by atoms with Crippen LogP contribution in [-0.4, -0.2) is 7.18 Å². The van der Waals surface area contributed by atoms with Crippen LogP contribution in [0, 0.1) is 11.8 Å². The van der Waals surface area contributed by atoms with E-state index in [2.05, 4.69) is 13.8 Å². The average molecular weight is 162 g/mol. The van der Waals surface area contributed by atoms with Gasteiger partial charge in [0.1, 0.15) is 0 Å². The molecule has 1 fully saturated rings. The van der Waals surface area contributed by atoms with E-state index < -0.39 is 0 Å². The number of alkyl halides is 1. The molecule has 0 aliphatic heterocycles. The summed E-state index contributed by atoms with van der Waals surface area (Å²) < 4.78 is 9.50. The highest BCUT2D eigenvalue weighted by atomic mass is 19.1. The fraction of sp³-hybridized carbons (Fsp3) is 1.00. The van der Waals surface area contributed by atoms with Crippen LogP contribution in [0.3, 0.4) is 0 Å². The molecule has 1 saturated carbocycles. The van der Waals surface area contributed by atoms with Gasteiger partial charge in [-0.3, -0.25) is 4.39 Å². The fourth-order valence-corrected chi connectivity index (χ4v) is 1.49. The van der Waals surface area contributed by atoms with Gasteiger partial charge in [0.25, 0.3) is 0 Å². The molecule has 1 rings (SSSR count). The SMILES string of the molecule is CC.CC1CCC(C)C1.CF. The van der Waals surface area contributed by atoms with Crippen LogP contribution in [0.2, 0.25) is 0 Å². The van der Waals surface area contributed by atoms with E-state index in [0.717, 1.165) is 11.8 Å². The molecule has 0 spiro atoms. The van der Waals surface area contributed by atoms with E-state index in [-0.39, 0.29) is 0 Å². The van der Waals surface area contributed by atoms with Crippen LogP contribution in [-0.2, 0) is 0 Å². The van der Waals surface area contributed by atoms with Gasteiger partial charge in [0.15, 0.2) is 0 Å². The van der Waals surface area contributed by atoms with Crippen molar-refractivity contribution in [3.8, 4) is 0 Å². The number of rotatable bonds is 0. The van der Waals surface area contributed by atoms with Gasteiger partial charge in [0, 0.05) is 0 Å². The summed E-state index contributed by atoms with van der Waals surface area (Å²) in [5, 5.41) is 0. The van der Waals surface area contributed by atoms with Gasteiger partial charge >= 0.3 is 0 Å². The highest BCUT2D eigenvalue weighted by molar-refractivity contribution is 4.68. The summed E-state index contributed by atoms with van der Waals surface area (Å²) in [5.74, 6) is 2.05. The van der Waals surface area contributed by atoms with Crippen LogP contribution in [0.5, 0.6) is 0 Å². The molecule has 2 atom stereocenters. The highest BCUT2D eigenvalue weighted by Crippen LogP contribution is 2.29. The molecule has 1 heteroatoms. The van der Waals surface area contributed by atoms with Crippen LogP contribution in [0.25, 0.3) is 0 Å². The van der Waals surface area contributed by atoms with Crippen molar-refractivity contribution in [1.29, 1.82) is 0 Å². The number of hydrogen-bond donors (Lipinski definition) is 0. The van der Waals surface area contributed by atoms with E-state index in [0.29, 0.717) is 7.18 Å². The predicted octanol–water partition coefficient (Wildman–Crippen LogP) is 4.05. The maximum Gasteiger partial charge on any atom is 0.0785 e. The zero-order valence-electron chi connectivity index (χ0n) is 8.65. The van der Waals surface area contributed by atoms with Crippen molar-refractivity contribution in [3.63, 3.8) is 0 Å². The number of hydrogen-bond acceptors (Lipinski definition) is 0. The first kappa shape index (κ1) is 13.5. The molecular weight excluding hydrogens is 139 g/mol. The molecule has 11 heavy (non-hydrogen) atoms. The van der Waals surface area contributed by atoms with Crippen molar-refractivity contribution in [2.75, 3.05) is 7.18 Å². The minimum Gasteiger partial charge on any atom is -0.255 e. The topological polar surface area (TPSA) is 0 Å². The largest absolute Gasteiger partial charge is 0.255 e. The standard InChI is InChI=1S/C7H14.C2H6.CH3F/c1-6-3-4-7(2)5-6;2*1-2/h6-7H,3-5H2,1-2H3;1-2H3;1H3. The van der Waals surface area contributed by atoms with Crippen LogP contribution in [0.4, 0.5) is 4.39 Å². The van der Waals surface area contributed by atoms with E-state index in [9.17, 15) is 4.39 Å². The summed E-state index contributed by atoms with van der Waals surface area (Å²) in [5.41, 5.74) is 0. The van der Waals surface area contributed by atoms with E-state index in [1.165, 1.54) is 19.3 Å². The number of halogens is 1. The zero-order chi connectivity index (χ0) is 9.28. The van der Waals surface area contributed by atoms with Crippen LogP contribution in [0.15, 0.2) is 0 Å². The van der Waals surface area contributed by atoms with Crippen LogP contribution < -0.4 is 0 Å². The molecule has 70 valence electrons. The third-order valence-corrected chi connectivity index (χ3v) is 1.96. The quantitative estimate of drug-likeness (QED) is 0.504. The Morgan fingerprint density at radius 3 is 1.27 bits per heavy atom. The monoisotopic (exact) mass is 162 g/mol. The lowest BCUT2D eigenvalue weighted by molar-refractivity contribution is 0.555. The van der Waals surface area contributed by atoms with Gasteiger partial charge < -0.3 is 0 Å². The zero-order valence-corrected chi connectivity index (χ0v) is 8.65. The van der Waals surface area contributed by atoms with E-state index in [4.69, 9.17) is 0 Å². The summed E-state index contributed by atoms with van der Waals surface area (Å²) >= 11 is 0. The minimum absolute atomic E-state index is 0.500. The molecule has 0 aromatic rings. The molecule has 0 saturated heterocycles. The Kier molecular flexibility index (Phi) is 12.2. The minimum atomic E-state index is 0.500. The highest BCUT2D eigenvalue weighted by Gasteiger charge is 2.15. The molecule has 1 aliphatic carbocycles. The van der Waals surface area contributed by atoms with Gasteiger partial charge in [-0.2, -0.15) is 0 Å². The first-order valence-corrected chi connectivity index (χ1v) is 4.67. The van der Waals surface area contributed by atoms with Gasteiger partial charge in [-0.05, 0) is 18.3 Å². The molecule has 0 aromatic heterocycles. The average Bonchev–Trinajstić information content (AvgIpc) is 2.43. The van der Waals surface area contributed by atoms with Crippen molar-refractivity contribution in [3.05, 3.63) is 0 Å². The van der Waals surface area contributed by atoms with E-state index in [1.807, 2.05) is 13.8 Å². The second-order valence-electron chi connectivity index (χ2n) is 3.02. The lowest BCUT2D eigenvalue weighted by atomic mass is 10.1. The molecular formula is C10H23F. The summed E-state index contributed by atoms with van der Waals surface area (Å²) in [7, 11) is 0.500. The molecule has 0 heterocycles. The first-order chi connectivity index (χ1) is 5.29. The second-order valence-corrected chi connectivity index (χ2v) is 3.02. The normalized spacial score (nSPS) is 27.8. The fourth-order valence-electron chi connectivity index (χ4n) is 1.49. The lowest BCUT2D eigenvalue weighted by Gasteiger charge is -1.96. The molecule has 0 aromatic carbocycles. The molecule has 0 N–H and O–H groups in total. The van der Waals surface area contributed by atoms with Crippen molar-refractivity contribution in [2.24, 2.45) is 11.8 Å². The summed E-state index contributed by atoms with van der Waals surface area (Å²) in [6.45, 7) is 8.70. The van der Waals surface area contributed by atoms with Gasteiger partial charge in [0.2, 0.25) is 0 Å². The van der Waals surface area contributed by atoms with Gasteiger partial charge in [-0.25, -0.2) is 0 Å². The van der Waals surface area contributed by atoms with Crippen molar-refractivity contribution in [1.82, 2.24) is 0 Å². The Morgan fingerprint density at radius 1 is 0.909 bits per heavy atom. The van der Waals surface area contributed by atoms with E-state index >= 15 is 0 Å². The van der Waals surface area contributed by atoms with Crippen molar-refractivity contribution < 1.29 is 4.39 Å². The summed E-state index contributed by atoms with van der Waals surface area (Å²) in [6.07, 6.45) is 4.42. The molecule has 2 unspecified atom stereocenters. The van der Waals surface area contributed by atoms with Crippen LogP contribution >= 0.6 is 0 Å². The summed E-state index contributed by atoms with van der Waals surface area (Å²) in [4.78, 5) is 0. The van der Waals surface area contributed by atoms with Gasteiger partial charge in [-0.1, -0.05) is 40.5 Å². The Bertz CT molecular complexity index is 53.9. The Morgan fingerprint density at radius 2 is 1.18 bits per heavy atom. The Labute approximate surface area is 71.2 Å². The third kappa shape index (κ3) is 7.83. The van der Waals surface area contributed by atoms with Crippen LogP contribution in [0.1, 0.15) is 47.0 Å². The van der Waals surface area contributed by atoms with Crippen molar-refractivity contribution in [2.45, 2.75) is 47.0 Å². The third-order valence-electron chi connectivity index (χ3n) is 1.96. The summed E-state index contributed by atoms with van der Waals surface area (Å²) in [6, 6.07) is 0.